The van der Waals surface area contributed by atoms with Crippen molar-refractivity contribution in [2.24, 2.45) is 0 Å². The molecule has 1 aromatic carbocycles. The van der Waals surface area contributed by atoms with E-state index in [1.807, 2.05) is 31.2 Å². The van der Waals surface area contributed by atoms with Gasteiger partial charge in [-0.25, -0.2) is 14.5 Å². The number of carboxylic acids is 1. The Morgan fingerprint density at radius 2 is 1.87 bits per heavy atom. The predicted molar refractivity (Wildman–Crippen MR) is 109 cm³/mol. The number of benzene rings is 1. The molecule has 0 atom stereocenters. The second-order valence-corrected chi connectivity index (χ2v) is 7.13. The molecule has 0 amide bonds. The summed E-state index contributed by atoms with van der Waals surface area (Å²) >= 11 is 0. The molecule has 0 aliphatic heterocycles. The number of alkyl halides is 2. The number of carbonyl (C=O) groups is 1. The lowest BCUT2D eigenvalue weighted by Crippen LogP contribution is -2.15. The van der Waals surface area contributed by atoms with E-state index in [0.29, 0.717) is 30.8 Å². The number of hydrogen-bond donors (Lipinski definition) is 1. The Hall–Kier alpha value is -3.16. The first-order valence-corrected chi connectivity index (χ1v) is 9.94. The molecule has 0 aliphatic carbocycles. The van der Waals surface area contributed by atoms with Gasteiger partial charge < -0.3 is 5.11 Å². The van der Waals surface area contributed by atoms with Crippen LogP contribution < -0.4 is 0 Å². The van der Waals surface area contributed by atoms with E-state index < -0.39 is 17.7 Å². The van der Waals surface area contributed by atoms with Crippen molar-refractivity contribution in [2.45, 2.75) is 52.0 Å². The molecule has 8 heteroatoms. The molecule has 0 fully saturated rings. The maximum atomic E-state index is 14.3. The van der Waals surface area contributed by atoms with E-state index in [-0.39, 0.29) is 12.0 Å². The van der Waals surface area contributed by atoms with Gasteiger partial charge in [0.25, 0.3) is 0 Å². The Bertz CT molecular complexity index is 1020. The molecular weight excluding hydrogens is 390 g/mol. The minimum atomic E-state index is -3.04. The number of aryl methyl sites for hydroxylation is 1. The van der Waals surface area contributed by atoms with Crippen molar-refractivity contribution in [3.63, 3.8) is 0 Å². The molecule has 6 nitrogen and oxygen atoms in total. The quantitative estimate of drug-likeness (QED) is 0.537. The van der Waals surface area contributed by atoms with Crippen LogP contribution in [0.4, 0.5) is 8.78 Å². The molecule has 1 N–H and O–H groups in total. The molecule has 30 heavy (non-hydrogen) atoms. The van der Waals surface area contributed by atoms with Gasteiger partial charge in [0.1, 0.15) is 5.82 Å². The summed E-state index contributed by atoms with van der Waals surface area (Å²) in [5.41, 5.74) is 2.30. The molecule has 0 aliphatic rings. The Morgan fingerprint density at radius 1 is 1.13 bits per heavy atom. The summed E-state index contributed by atoms with van der Waals surface area (Å²) in [4.78, 5) is 19.4. The number of pyridine rings is 1. The van der Waals surface area contributed by atoms with Crippen molar-refractivity contribution >= 4 is 5.97 Å². The lowest BCUT2D eigenvalue weighted by molar-refractivity contribution is -0.0232. The minimum absolute atomic E-state index is 0.121. The van der Waals surface area contributed by atoms with Crippen LogP contribution >= 0.6 is 0 Å². The summed E-state index contributed by atoms with van der Waals surface area (Å²) in [6.07, 6.45) is 4.04. The van der Waals surface area contributed by atoms with Crippen molar-refractivity contribution in [2.75, 3.05) is 0 Å². The van der Waals surface area contributed by atoms with E-state index in [2.05, 4.69) is 15.1 Å². The van der Waals surface area contributed by atoms with Crippen LogP contribution in [-0.2, 0) is 18.9 Å². The molecular formula is C22H24F2N4O2. The topological polar surface area (TPSA) is 80.9 Å². The van der Waals surface area contributed by atoms with Crippen molar-refractivity contribution in [3.8, 4) is 11.1 Å². The van der Waals surface area contributed by atoms with E-state index in [4.69, 9.17) is 0 Å². The number of hydrogen-bond acceptors (Lipinski definition) is 4. The third-order valence-corrected chi connectivity index (χ3v) is 4.75. The van der Waals surface area contributed by atoms with Crippen molar-refractivity contribution < 1.29 is 18.7 Å². The van der Waals surface area contributed by atoms with Gasteiger partial charge in [0.15, 0.2) is 0 Å². The van der Waals surface area contributed by atoms with Gasteiger partial charge in [-0.1, -0.05) is 38.1 Å². The first-order valence-electron chi connectivity index (χ1n) is 9.94. The highest BCUT2D eigenvalue weighted by molar-refractivity contribution is 5.95. The van der Waals surface area contributed by atoms with Crippen LogP contribution in [0.3, 0.4) is 0 Å². The first-order chi connectivity index (χ1) is 14.4. The largest absolute Gasteiger partial charge is 0.478 e. The third-order valence-electron chi connectivity index (χ3n) is 4.75. The molecule has 0 saturated carbocycles. The van der Waals surface area contributed by atoms with E-state index in [1.165, 1.54) is 6.20 Å². The van der Waals surface area contributed by atoms with E-state index in [1.54, 1.807) is 23.9 Å². The zero-order chi connectivity index (χ0) is 21.7. The predicted octanol–water partition coefficient (Wildman–Crippen LogP) is 4.93. The molecule has 0 bridgehead atoms. The van der Waals surface area contributed by atoms with Gasteiger partial charge in [-0.15, -0.1) is 5.10 Å². The van der Waals surface area contributed by atoms with E-state index >= 15 is 0 Å². The zero-order valence-electron chi connectivity index (χ0n) is 17.0. The molecule has 3 rings (SSSR count). The molecule has 2 heterocycles. The standard InChI is InChI=1S/C22H24F2N4O2/c1-3-10-22(23,24)21-26-19(28(27-21)12-4-2)13-15-5-7-16(8-6-15)17-9-11-25-14-18(17)20(29)30/h5-9,11,14H,3-4,10,12-13H2,1-2H3,(H,29,30). The van der Waals surface area contributed by atoms with Crippen LogP contribution in [0.5, 0.6) is 0 Å². The molecule has 0 spiro atoms. The van der Waals surface area contributed by atoms with Gasteiger partial charge in [-0.3, -0.25) is 4.98 Å². The maximum absolute atomic E-state index is 14.3. The van der Waals surface area contributed by atoms with Crippen LogP contribution in [0.1, 0.15) is 60.7 Å². The second kappa shape index (κ2) is 9.11. The van der Waals surface area contributed by atoms with Crippen LogP contribution in [0.15, 0.2) is 42.7 Å². The van der Waals surface area contributed by atoms with Gasteiger partial charge >= 0.3 is 11.9 Å². The smallest absolute Gasteiger partial charge is 0.337 e. The summed E-state index contributed by atoms with van der Waals surface area (Å²) < 4.78 is 30.1. The average molecular weight is 414 g/mol. The fourth-order valence-electron chi connectivity index (χ4n) is 3.28. The average Bonchev–Trinajstić information content (AvgIpc) is 3.12. The van der Waals surface area contributed by atoms with Gasteiger partial charge in [0, 0.05) is 31.8 Å². The van der Waals surface area contributed by atoms with Gasteiger partial charge in [-0.05, 0) is 35.6 Å². The highest BCUT2D eigenvalue weighted by atomic mass is 19.3. The second-order valence-electron chi connectivity index (χ2n) is 7.13. The summed E-state index contributed by atoms with van der Waals surface area (Å²) in [7, 11) is 0. The zero-order valence-corrected chi connectivity index (χ0v) is 17.0. The number of aromatic carboxylic acids is 1. The Balaban J connectivity index is 1.87. The Morgan fingerprint density at radius 3 is 2.50 bits per heavy atom. The van der Waals surface area contributed by atoms with Crippen molar-refractivity contribution in [1.82, 2.24) is 19.7 Å². The Kier molecular flexibility index (Phi) is 6.54. The van der Waals surface area contributed by atoms with Crippen LogP contribution in [0, 0.1) is 0 Å². The number of halogens is 2. The van der Waals surface area contributed by atoms with Crippen molar-refractivity contribution in [3.05, 3.63) is 65.5 Å². The normalized spacial score (nSPS) is 11.6. The van der Waals surface area contributed by atoms with E-state index in [0.717, 1.165) is 17.5 Å². The molecule has 0 saturated heterocycles. The van der Waals surface area contributed by atoms with Crippen LogP contribution in [0.25, 0.3) is 11.1 Å². The molecule has 2 aromatic heterocycles. The number of carboxylic acid groups (broad SMARTS) is 1. The Labute approximate surface area is 173 Å². The monoisotopic (exact) mass is 414 g/mol. The van der Waals surface area contributed by atoms with E-state index in [9.17, 15) is 18.7 Å². The fourth-order valence-corrected chi connectivity index (χ4v) is 3.28. The SMILES string of the molecule is CCCn1nc(C(F)(F)CCC)nc1Cc1ccc(-c2ccncc2C(=O)O)cc1. The number of rotatable bonds is 9. The molecule has 158 valence electrons. The van der Waals surface area contributed by atoms with Gasteiger partial charge in [-0.2, -0.15) is 8.78 Å². The van der Waals surface area contributed by atoms with Crippen LogP contribution in [-0.4, -0.2) is 30.8 Å². The lowest BCUT2D eigenvalue weighted by atomic mass is 10.00. The minimum Gasteiger partial charge on any atom is -0.478 e. The summed E-state index contributed by atoms with van der Waals surface area (Å²) in [6.45, 7) is 4.18. The first kappa shape index (κ1) is 21.5. The van der Waals surface area contributed by atoms with Gasteiger partial charge in [0.2, 0.25) is 5.82 Å². The van der Waals surface area contributed by atoms with Gasteiger partial charge in [0.05, 0.1) is 5.56 Å². The fraction of sp³-hybridized carbons (Fsp3) is 0.364. The summed E-state index contributed by atoms with van der Waals surface area (Å²) in [5, 5.41) is 13.4. The molecule has 3 aromatic rings. The summed E-state index contributed by atoms with van der Waals surface area (Å²) in [6, 6.07) is 8.96. The van der Waals surface area contributed by atoms with Crippen LogP contribution in [0.2, 0.25) is 0 Å². The summed E-state index contributed by atoms with van der Waals surface area (Å²) in [5.74, 6) is -4.02. The highest BCUT2D eigenvalue weighted by Gasteiger charge is 2.36. The molecule has 0 unspecified atom stereocenters. The number of aromatic nitrogens is 4. The van der Waals surface area contributed by atoms with Crippen molar-refractivity contribution in [1.29, 1.82) is 0 Å². The lowest BCUT2D eigenvalue weighted by Gasteiger charge is -2.10. The number of nitrogens with zero attached hydrogens (tertiary/aromatic N) is 4. The third kappa shape index (κ3) is 4.69. The molecule has 0 radical (unpaired) electrons. The maximum Gasteiger partial charge on any atom is 0.337 e. The highest BCUT2D eigenvalue weighted by Crippen LogP contribution is 2.31.